The van der Waals surface area contributed by atoms with E-state index in [1.165, 1.54) is 11.4 Å². The molecule has 34 heavy (non-hydrogen) atoms. The van der Waals surface area contributed by atoms with Crippen LogP contribution >= 0.6 is 0 Å². The third kappa shape index (κ3) is 4.08. The van der Waals surface area contributed by atoms with Crippen LogP contribution in [0.5, 0.6) is 5.75 Å². The number of benzene rings is 2. The van der Waals surface area contributed by atoms with Gasteiger partial charge in [0.15, 0.2) is 11.2 Å². The van der Waals surface area contributed by atoms with Gasteiger partial charge in [-0.3, -0.25) is 4.79 Å². The van der Waals surface area contributed by atoms with Crippen molar-refractivity contribution in [3.63, 3.8) is 0 Å². The molecule has 5 rings (SSSR count). The molecule has 1 saturated heterocycles. The van der Waals surface area contributed by atoms with Crippen LogP contribution in [0.25, 0.3) is 11.2 Å². The van der Waals surface area contributed by atoms with Crippen LogP contribution in [0.1, 0.15) is 30.1 Å². The minimum Gasteiger partial charge on any atom is -0.495 e. The first-order valence-electron chi connectivity index (χ1n) is 11.0. The van der Waals surface area contributed by atoms with Gasteiger partial charge in [-0.25, -0.2) is 18.1 Å². The minimum absolute atomic E-state index is 0.0821. The zero-order chi connectivity index (χ0) is 23.7. The number of sulfonamides is 1. The average Bonchev–Trinajstić information content (AvgIpc) is 3.28. The summed E-state index contributed by atoms with van der Waals surface area (Å²) in [6.07, 6.45) is 1.06. The first-order chi connectivity index (χ1) is 16.5. The first-order valence-corrected chi connectivity index (χ1v) is 12.4. The van der Waals surface area contributed by atoms with Gasteiger partial charge in [-0.15, -0.1) is 5.10 Å². The third-order valence-corrected chi connectivity index (χ3v) is 8.03. The molecule has 176 valence electrons. The summed E-state index contributed by atoms with van der Waals surface area (Å²) in [4.78, 5) is 20.3. The number of para-hydroxylation sites is 1. The summed E-state index contributed by atoms with van der Waals surface area (Å²) in [5, 5.41) is 8.12. The summed E-state index contributed by atoms with van der Waals surface area (Å²) >= 11 is 0. The van der Waals surface area contributed by atoms with Gasteiger partial charge in [-0.1, -0.05) is 47.7 Å². The molecule has 2 aromatic heterocycles. The van der Waals surface area contributed by atoms with Crippen LogP contribution in [0.15, 0.2) is 64.3 Å². The molecule has 1 aliphatic heterocycles. The molecule has 1 aliphatic rings. The average molecular weight is 481 g/mol. The number of fused-ring (bicyclic) bond motifs is 1. The van der Waals surface area contributed by atoms with E-state index in [9.17, 15) is 13.2 Å². The predicted octanol–water partition coefficient (Wildman–Crippen LogP) is 2.14. The molecule has 1 fully saturated rings. The molecular weight excluding hydrogens is 456 g/mol. The lowest BCUT2D eigenvalue weighted by atomic mass is 9.97. The molecular formula is C23H24N6O4S. The molecule has 10 nitrogen and oxygen atoms in total. The molecule has 2 aromatic carbocycles. The van der Waals surface area contributed by atoms with Crippen LogP contribution in [-0.4, -0.2) is 57.9 Å². The van der Waals surface area contributed by atoms with Gasteiger partial charge in [-0.2, -0.15) is 4.31 Å². The van der Waals surface area contributed by atoms with Gasteiger partial charge in [0.2, 0.25) is 10.0 Å². The Morgan fingerprint density at radius 1 is 1.06 bits per heavy atom. The number of aromatic nitrogens is 5. The number of piperidine rings is 1. The lowest BCUT2D eigenvalue weighted by Crippen LogP contribution is -2.38. The molecule has 11 heteroatoms. The van der Waals surface area contributed by atoms with Gasteiger partial charge in [0, 0.05) is 19.0 Å². The van der Waals surface area contributed by atoms with Gasteiger partial charge in [0.25, 0.3) is 5.56 Å². The lowest BCUT2D eigenvalue weighted by Gasteiger charge is -2.31. The summed E-state index contributed by atoms with van der Waals surface area (Å²) in [7, 11) is -2.24. The number of nitrogens with one attached hydrogen (secondary N) is 1. The van der Waals surface area contributed by atoms with Crippen molar-refractivity contribution >= 4 is 21.2 Å². The molecule has 0 bridgehead atoms. The molecule has 4 aromatic rings. The van der Waals surface area contributed by atoms with Crippen molar-refractivity contribution in [3.05, 3.63) is 76.3 Å². The van der Waals surface area contributed by atoms with E-state index in [1.54, 1.807) is 28.9 Å². The van der Waals surface area contributed by atoms with Crippen molar-refractivity contribution in [2.24, 2.45) is 0 Å². The SMILES string of the molecule is COc1ccccc1S(=O)(=O)N1CCC(c2nc3c(nnn3Cc3ccccc3)c(=O)[nH]2)CC1. The Bertz CT molecular complexity index is 1470. The number of hydrogen-bond donors (Lipinski definition) is 1. The molecule has 3 heterocycles. The molecule has 0 atom stereocenters. The number of methoxy groups -OCH3 is 1. The Hall–Kier alpha value is -3.57. The van der Waals surface area contributed by atoms with Crippen molar-refractivity contribution in [2.45, 2.75) is 30.2 Å². The van der Waals surface area contributed by atoms with Gasteiger partial charge >= 0.3 is 0 Å². The summed E-state index contributed by atoms with van der Waals surface area (Å²) in [5.41, 5.74) is 1.29. The molecule has 0 saturated carbocycles. The summed E-state index contributed by atoms with van der Waals surface area (Å²) in [6, 6.07) is 16.4. The molecule has 0 spiro atoms. The smallest absolute Gasteiger partial charge is 0.281 e. The van der Waals surface area contributed by atoms with Gasteiger partial charge in [0.1, 0.15) is 16.5 Å². The molecule has 0 unspecified atom stereocenters. The zero-order valence-corrected chi connectivity index (χ0v) is 19.4. The largest absolute Gasteiger partial charge is 0.495 e. The van der Waals surface area contributed by atoms with E-state index in [-0.39, 0.29) is 21.9 Å². The predicted molar refractivity (Wildman–Crippen MR) is 125 cm³/mol. The van der Waals surface area contributed by atoms with E-state index in [4.69, 9.17) is 4.74 Å². The van der Waals surface area contributed by atoms with Gasteiger partial charge < -0.3 is 9.72 Å². The second kappa shape index (κ2) is 8.99. The van der Waals surface area contributed by atoms with Crippen molar-refractivity contribution in [3.8, 4) is 5.75 Å². The highest BCUT2D eigenvalue weighted by atomic mass is 32.2. The van der Waals surface area contributed by atoms with E-state index in [0.29, 0.717) is 49.7 Å². The number of hydrogen-bond acceptors (Lipinski definition) is 7. The third-order valence-electron chi connectivity index (χ3n) is 6.09. The Kier molecular flexibility index (Phi) is 5.88. The number of H-pyrrole nitrogens is 1. The summed E-state index contributed by atoms with van der Waals surface area (Å²) in [5.74, 6) is 0.769. The van der Waals surface area contributed by atoms with Crippen LogP contribution in [0.2, 0.25) is 0 Å². The van der Waals surface area contributed by atoms with Crippen molar-refractivity contribution in [2.75, 3.05) is 20.2 Å². The zero-order valence-electron chi connectivity index (χ0n) is 18.6. The standard InChI is InChI=1S/C23H24N6O4S/c1-33-18-9-5-6-10-19(18)34(31,32)28-13-11-17(12-14-28)21-24-22-20(23(30)25-21)26-27-29(22)15-16-7-3-2-4-8-16/h2-10,17H,11-15H2,1H3,(H,24,25,30). The minimum atomic E-state index is -3.69. The maximum atomic E-state index is 13.2. The second-order valence-corrected chi connectivity index (χ2v) is 10.1. The number of aromatic amines is 1. The van der Waals surface area contributed by atoms with Crippen molar-refractivity contribution in [1.82, 2.24) is 29.3 Å². The van der Waals surface area contributed by atoms with Crippen molar-refractivity contribution in [1.29, 1.82) is 0 Å². The Morgan fingerprint density at radius 2 is 1.76 bits per heavy atom. The van der Waals surface area contributed by atoms with Crippen molar-refractivity contribution < 1.29 is 13.2 Å². The summed E-state index contributed by atoms with van der Waals surface area (Å²) in [6.45, 7) is 1.07. The van der Waals surface area contributed by atoms with Gasteiger partial charge in [-0.05, 0) is 30.5 Å². The molecule has 0 aliphatic carbocycles. The van der Waals surface area contributed by atoms with Crippen LogP contribution in [0.3, 0.4) is 0 Å². The molecule has 1 N–H and O–H groups in total. The summed E-state index contributed by atoms with van der Waals surface area (Å²) < 4.78 is 34.7. The van der Waals surface area contributed by atoms with E-state index in [1.807, 2.05) is 30.3 Å². The maximum Gasteiger partial charge on any atom is 0.281 e. The fourth-order valence-corrected chi connectivity index (χ4v) is 5.91. The second-order valence-electron chi connectivity index (χ2n) is 8.19. The monoisotopic (exact) mass is 480 g/mol. The number of rotatable bonds is 6. The van der Waals surface area contributed by atoms with Gasteiger partial charge in [0.05, 0.1) is 13.7 Å². The fraction of sp³-hybridized carbons (Fsp3) is 0.304. The normalized spacial score (nSPS) is 15.6. The topological polar surface area (TPSA) is 123 Å². The Morgan fingerprint density at radius 3 is 2.50 bits per heavy atom. The highest BCUT2D eigenvalue weighted by molar-refractivity contribution is 7.89. The van der Waals surface area contributed by atoms with Crippen LogP contribution in [-0.2, 0) is 16.6 Å². The Labute approximate surface area is 196 Å². The maximum absolute atomic E-state index is 13.2. The van der Waals surface area contributed by atoms with Crippen LogP contribution in [0, 0.1) is 0 Å². The number of nitrogens with zero attached hydrogens (tertiary/aromatic N) is 5. The fourth-order valence-electron chi connectivity index (χ4n) is 4.28. The highest BCUT2D eigenvalue weighted by Gasteiger charge is 2.33. The molecule has 0 radical (unpaired) electrons. The van der Waals surface area contributed by atoms with Crippen LogP contribution < -0.4 is 10.3 Å². The Balaban J connectivity index is 1.37. The quantitative estimate of drug-likeness (QED) is 0.448. The lowest BCUT2D eigenvalue weighted by molar-refractivity contribution is 0.311. The van der Waals surface area contributed by atoms with E-state index < -0.39 is 10.0 Å². The van der Waals surface area contributed by atoms with E-state index in [0.717, 1.165) is 5.56 Å². The van der Waals surface area contributed by atoms with E-state index in [2.05, 4.69) is 20.3 Å². The highest BCUT2D eigenvalue weighted by Crippen LogP contribution is 2.32. The first kappa shape index (κ1) is 22.2. The number of ether oxygens (including phenoxy) is 1. The van der Waals surface area contributed by atoms with Crippen LogP contribution in [0.4, 0.5) is 0 Å². The molecule has 0 amide bonds. The van der Waals surface area contributed by atoms with E-state index >= 15 is 0 Å².